The summed E-state index contributed by atoms with van der Waals surface area (Å²) in [6.45, 7) is 2.74. The molecule has 1 aliphatic carbocycles. The molecule has 7 nitrogen and oxygen atoms in total. The van der Waals surface area contributed by atoms with Crippen LogP contribution in [0.3, 0.4) is 0 Å². The SMILES string of the molecule is O=C(Nc1ccc(CC(=O)N2CCN(c3ncccn3)CC2)cc1)C1CC1c1ccccc1Cl. The molecule has 1 saturated heterocycles. The Labute approximate surface area is 203 Å². The predicted molar refractivity (Wildman–Crippen MR) is 132 cm³/mol. The summed E-state index contributed by atoms with van der Waals surface area (Å²) in [7, 11) is 0. The quantitative estimate of drug-likeness (QED) is 0.587. The van der Waals surface area contributed by atoms with Gasteiger partial charge in [-0.05, 0) is 47.7 Å². The van der Waals surface area contributed by atoms with Gasteiger partial charge in [0.05, 0.1) is 6.42 Å². The van der Waals surface area contributed by atoms with Crippen LogP contribution < -0.4 is 10.2 Å². The van der Waals surface area contributed by atoms with E-state index in [0.717, 1.165) is 36.3 Å². The van der Waals surface area contributed by atoms with Crippen molar-refractivity contribution >= 4 is 35.1 Å². The highest BCUT2D eigenvalue weighted by atomic mass is 35.5. The van der Waals surface area contributed by atoms with Crippen molar-refractivity contribution < 1.29 is 9.59 Å². The highest BCUT2D eigenvalue weighted by Crippen LogP contribution is 2.50. The Morgan fingerprint density at radius 3 is 2.35 bits per heavy atom. The minimum atomic E-state index is -0.0545. The minimum absolute atomic E-state index is 0.00835. The van der Waals surface area contributed by atoms with E-state index in [1.165, 1.54) is 0 Å². The molecular formula is C26H26ClN5O2. The maximum absolute atomic E-state index is 12.8. The number of hydrogen-bond acceptors (Lipinski definition) is 5. The fraction of sp³-hybridized carbons (Fsp3) is 0.308. The van der Waals surface area contributed by atoms with Gasteiger partial charge in [-0.1, -0.05) is 41.9 Å². The van der Waals surface area contributed by atoms with Crippen LogP contribution in [0.15, 0.2) is 67.0 Å². The van der Waals surface area contributed by atoms with Crippen molar-refractivity contribution in [1.29, 1.82) is 0 Å². The van der Waals surface area contributed by atoms with Crippen LogP contribution in [0.1, 0.15) is 23.5 Å². The predicted octanol–water partition coefficient (Wildman–Crippen LogP) is 3.76. The van der Waals surface area contributed by atoms with Gasteiger partial charge in [0, 0.05) is 55.2 Å². The average molecular weight is 476 g/mol. The molecule has 5 rings (SSSR count). The maximum Gasteiger partial charge on any atom is 0.228 e. The molecule has 2 aliphatic rings. The zero-order chi connectivity index (χ0) is 23.5. The normalized spacial score (nSPS) is 19.6. The number of rotatable bonds is 6. The highest BCUT2D eigenvalue weighted by Gasteiger charge is 2.44. The van der Waals surface area contributed by atoms with Crippen LogP contribution in [-0.2, 0) is 16.0 Å². The summed E-state index contributed by atoms with van der Waals surface area (Å²) in [5.41, 5.74) is 2.70. The Morgan fingerprint density at radius 1 is 0.941 bits per heavy atom. The number of halogens is 1. The Kier molecular flexibility index (Phi) is 6.45. The maximum atomic E-state index is 12.8. The van der Waals surface area contributed by atoms with Gasteiger partial charge in [-0.2, -0.15) is 0 Å². The molecule has 3 aromatic rings. The smallest absolute Gasteiger partial charge is 0.228 e. The Morgan fingerprint density at radius 2 is 1.65 bits per heavy atom. The van der Waals surface area contributed by atoms with Gasteiger partial charge < -0.3 is 15.1 Å². The Bertz CT molecular complexity index is 1160. The molecule has 1 saturated carbocycles. The fourth-order valence-electron chi connectivity index (χ4n) is 4.44. The summed E-state index contributed by atoms with van der Waals surface area (Å²) in [5, 5.41) is 3.71. The van der Waals surface area contributed by atoms with E-state index in [2.05, 4.69) is 20.2 Å². The average Bonchev–Trinajstić information content (AvgIpc) is 3.67. The summed E-state index contributed by atoms with van der Waals surface area (Å²) in [5.74, 6) is 0.942. The number of benzene rings is 2. The third kappa shape index (κ3) is 5.04. The van der Waals surface area contributed by atoms with Crippen LogP contribution in [-0.4, -0.2) is 52.9 Å². The molecule has 8 heteroatoms. The summed E-state index contributed by atoms with van der Waals surface area (Å²) >= 11 is 6.27. The number of carbonyl (C=O) groups is 2. The van der Waals surface area contributed by atoms with Gasteiger partial charge in [-0.3, -0.25) is 9.59 Å². The second-order valence-corrected chi connectivity index (χ2v) is 9.16. The van der Waals surface area contributed by atoms with Crippen molar-refractivity contribution in [3.05, 3.63) is 83.1 Å². The van der Waals surface area contributed by atoms with Crippen LogP contribution in [0.4, 0.5) is 11.6 Å². The number of aromatic nitrogens is 2. The van der Waals surface area contributed by atoms with Crippen molar-refractivity contribution in [3.8, 4) is 0 Å². The van der Waals surface area contributed by atoms with Crippen LogP contribution >= 0.6 is 11.6 Å². The van der Waals surface area contributed by atoms with Gasteiger partial charge in [0.1, 0.15) is 0 Å². The fourth-order valence-corrected chi connectivity index (χ4v) is 4.72. The lowest BCUT2D eigenvalue weighted by Gasteiger charge is -2.34. The van der Waals surface area contributed by atoms with Crippen molar-refractivity contribution in [3.63, 3.8) is 0 Å². The van der Waals surface area contributed by atoms with Gasteiger partial charge >= 0.3 is 0 Å². The first-order chi connectivity index (χ1) is 16.6. The molecule has 2 atom stereocenters. The number of piperazine rings is 1. The molecule has 2 fully saturated rings. The molecule has 1 N–H and O–H groups in total. The number of hydrogen-bond donors (Lipinski definition) is 1. The molecule has 2 amide bonds. The summed E-state index contributed by atoms with van der Waals surface area (Å²) < 4.78 is 0. The molecule has 0 spiro atoms. The number of carbonyl (C=O) groups excluding carboxylic acids is 2. The Hall–Kier alpha value is -3.45. The van der Waals surface area contributed by atoms with E-state index in [9.17, 15) is 9.59 Å². The Balaban J connectivity index is 1.10. The molecule has 0 bridgehead atoms. The zero-order valence-corrected chi connectivity index (χ0v) is 19.5. The molecule has 1 aliphatic heterocycles. The number of anilines is 2. The van der Waals surface area contributed by atoms with Crippen LogP contribution in [0, 0.1) is 5.92 Å². The topological polar surface area (TPSA) is 78.4 Å². The van der Waals surface area contributed by atoms with Gasteiger partial charge in [0.25, 0.3) is 0 Å². The summed E-state index contributed by atoms with van der Waals surface area (Å²) in [6, 6.07) is 17.0. The van der Waals surface area contributed by atoms with Gasteiger partial charge in [-0.15, -0.1) is 0 Å². The van der Waals surface area contributed by atoms with Gasteiger partial charge in [0.15, 0.2) is 0 Å². The van der Waals surface area contributed by atoms with Crippen LogP contribution in [0.5, 0.6) is 0 Å². The molecule has 34 heavy (non-hydrogen) atoms. The lowest BCUT2D eigenvalue weighted by molar-refractivity contribution is -0.130. The summed E-state index contributed by atoms with van der Waals surface area (Å²) in [4.78, 5) is 38.0. The van der Waals surface area contributed by atoms with E-state index in [1.807, 2.05) is 53.4 Å². The monoisotopic (exact) mass is 475 g/mol. The van der Waals surface area contributed by atoms with Crippen LogP contribution in [0.2, 0.25) is 5.02 Å². The second-order valence-electron chi connectivity index (χ2n) is 8.75. The van der Waals surface area contributed by atoms with E-state index in [1.54, 1.807) is 18.5 Å². The lowest BCUT2D eigenvalue weighted by Crippen LogP contribution is -2.49. The molecule has 2 aromatic carbocycles. The van der Waals surface area contributed by atoms with Crippen molar-refractivity contribution in [2.24, 2.45) is 5.92 Å². The number of amides is 2. The molecule has 0 radical (unpaired) electrons. The standard InChI is InChI=1S/C26H26ClN5O2/c27-23-5-2-1-4-20(23)21-17-22(21)25(34)30-19-8-6-18(7-9-19)16-24(33)31-12-14-32(15-13-31)26-28-10-3-11-29-26/h1-11,21-22H,12-17H2,(H,30,34). The molecule has 2 unspecified atom stereocenters. The van der Waals surface area contributed by atoms with Crippen molar-refractivity contribution in [1.82, 2.24) is 14.9 Å². The third-order valence-electron chi connectivity index (χ3n) is 6.48. The van der Waals surface area contributed by atoms with Crippen LogP contribution in [0.25, 0.3) is 0 Å². The van der Waals surface area contributed by atoms with Crippen molar-refractivity contribution in [2.75, 3.05) is 36.4 Å². The van der Waals surface area contributed by atoms with E-state index < -0.39 is 0 Å². The van der Waals surface area contributed by atoms with E-state index in [-0.39, 0.29) is 23.7 Å². The van der Waals surface area contributed by atoms with Gasteiger partial charge in [-0.25, -0.2) is 9.97 Å². The summed E-state index contributed by atoms with van der Waals surface area (Å²) in [6.07, 6.45) is 4.61. The van der Waals surface area contributed by atoms with E-state index in [0.29, 0.717) is 30.5 Å². The van der Waals surface area contributed by atoms with E-state index >= 15 is 0 Å². The van der Waals surface area contributed by atoms with Gasteiger partial charge in [0.2, 0.25) is 17.8 Å². The number of nitrogens with zero attached hydrogens (tertiary/aromatic N) is 4. The first kappa shape index (κ1) is 22.3. The molecule has 174 valence electrons. The lowest BCUT2D eigenvalue weighted by atomic mass is 10.1. The van der Waals surface area contributed by atoms with E-state index in [4.69, 9.17) is 11.6 Å². The third-order valence-corrected chi connectivity index (χ3v) is 6.82. The largest absolute Gasteiger partial charge is 0.339 e. The zero-order valence-electron chi connectivity index (χ0n) is 18.7. The number of nitrogens with one attached hydrogen (secondary N) is 1. The second kappa shape index (κ2) is 9.81. The van der Waals surface area contributed by atoms with Crippen molar-refractivity contribution in [2.45, 2.75) is 18.8 Å². The molecule has 2 heterocycles. The molecular weight excluding hydrogens is 450 g/mol. The first-order valence-electron chi connectivity index (χ1n) is 11.5. The molecule has 1 aromatic heterocycles. The highest BCUT2D eigenvalue weighted by molar-refractivity contribution is 6.31. The first-order valence-corrected chi connectivity index (χ1v) is 11.9. The minimum Gasteiger partial charge on any atom is -0.339 e.